The van der Waals surface area contributed by atoms with E-state index in [4.69, 9.17) is 16.3 Å². The summed E-state index contributed by atoms with van der Waals surface area (Å²) in [5.41, 5.74) is 3.94. The molecule has 146 valence electrons. The number of fused-ring (bicyclic) bond motifs is 2. The van der Waals surface area contributed by atoms with Crippen LogP contribution in [0, 0.1) is 0 Å². The number of ether oxygens (including phenoxy) is 1. The molecule has 1 atom stereocenters. The van der Waals surface area contributed by atoms with Crippen LogP contribution in [0.5, 0.6) is 5.75 Å². The summed E-state index contributed by atoms with van der Waals surface area (Å²) in [5.74, 6) is 0.626. The Balaban J connectivity index is 1.56. The van der Waals surface area contributed by atoms with Crippen LogP contribution in [0.15, 0.2) is 55.1 Å². The molecule has 1 aliphatic rings. The van der Waals surface area contributed by atoms with Crippen LogP contribution in [-0.4, -0.2) is 43.8 Å². The van der Waals surface area contributed by atoms with Gasteiger partial charge in [0.15, 0.2) is 0 Å². The number of imidazole rings is 2. The van der Waals surface area contributed by atoms with Crippen molar-refractivity contribution in [1.82, 2.24) is 24.3 Å². The summed E-state index contributed by atoms with van der Waals surface area (Å²) >= 11 is 6.06. The van der Waals surface area contributed by atoms with E-state index in [0.717, 1.165) is 22.7 Å². The molecule has 3 aromatic heterocycles. The first-order chi connectivity index (χ1) is 14.1. The van der Waals surface area contributed by atoms with E-state index >= 15 is 0 Å². The smallest absolute Gasteiger partial charge is 0.274 e. The third-order valence-corrected chi connectivity index (χ3v) is 5.48. The summed E-state index contributed by atoms with van der Waals surface area (Å²) in [4.78, 5) is 27.5. The number of H-pyrrole nitrogens is 1. The number of carbonyl (C=O) groups excluding carboxylic acids is 1. The number of rotatable bonds is 3. The van der Waals surface area contributed by atoms with Crippen molar-refractivity contribution < 1.29 is 9.53 Å². The highest BCUT2D eigenvalue weighted by atomic mass is 35.5. The number of benzene rings is 1. The van der Waals surface area contributed by atoms with Gasteiger partial charge in [-0.3, -0.25) is 4.79 Å². The first-order valence-corrected chi connectivity index (χ1v) is 9.63. The van der Waals surface area contributed by atoms with Crippen LogP contribution in [0.4, 0.5) is 0 Å². The minimum atomic E-state index is -0.295. The van der Waals surface area contributed by atoms with Crippen molar-refractivity contribution in [3.63, 3.8) is 0 Å². The molecule has 0 fully saturated rings. The summed E-state index contributed by atoms with van der Waals surface area (Å²) in [6, 6.07) is 11.0. The van der Waals surface area contributed by atoms with Crippen molar-refractivity contribution in [1.29, 1.82) is 0 Å². The molecule has 0 radical (unpaired) electrons. The normalized spacial score (nSPS) is 16.1. The third kappa shape index (κ3) is 3.03. The number of methoxy groups -OCH3 is 1. The number of hydrogen-bond acceptors (Lipinski definition) is 4. The second-order valence-electron chi connectivity index (χ2n) is 6.93. The van der Waals surface area contributed by atoms with Gasteiger partial charge in [0.1, 0.15) is 23.1 Å². The zero-order valence-corrected chi connectivity index (χ0v) is 16.4. The van der Waals surface area contributed by atoms with Crippen LogP contribution in [0.2, 0.25) is 5.02 Å². The zero-order valence-electron chi connectivity index (χ0n) is 15.7. The van der Waals surface area contributed by atoms with Gasteiger partial charge in [-0.15, -0.1) is 0 Å². The highest BCUT2D eigenvalue weighted by molar-refractivity contribution is 6.30. The second kappa shape index (κ2) is 6.93. The molecule has 1 N–H and O–H groups in total. The fourth-order valence-corrected chi connectivity index (χ4v) is 4.00. The largest absolute Gasteiger partial charge is 0.497 e. The van der Waals surface area contributed by atoms with Crippen LogP contribution in [-0.2, 0) is 6.42 Å². The predicted molar refractivity (Wildman–Crippen MR) is 108 cm³/mol. The topological polar surface area (TPSA) is 75.5 Å². The van der Waals surface area contributed by atoms with E-state index in [9.17, 15) is 4.79 Å². The van der Waals surface area contributed by atoms with Gasteiger partial charge in [-0.25, -0.2) is 9.97 Å². The summed E-state index contributed by atoms with van der Waals surface area (Å²) in [6.07, 6.45) is 5.85. The van der Waals surface area contributed by atoms with E-state index in [0.29, 0.717) is 29.3 Å². The molecule has 5 rings (SSSR count). The minimum Gasteiger partial charge on any atom is -0.497 e. The Labute approximate surface area is 171 Å². The average molecular weight is 408 g/mol. The molecular weight excluding hydrogens is 390 g/mol. The van der Waals surface area contributed by atoms with Crippen molar-refractivity contribution in [2.75, 3.05) is 13.7 Å². The van der Waals surface area contributed by atoms with Gasteiger partial charge >= 0.3 is 0 Å². The Bertz CT molecular complexity index is 1200. The van der Waals surface area contributed by atoms with Crippen molar-refractivity contribution >= 4 is 23.2 Å². The SMILES string of the molecule is COc1ccc([C@@H]2c3nc[nH]c3CCN2C(=O)c2cn3cc(Cl)ccc3n2)cc1. The van der Waals surface area contributed by atoms with E-state index in [-0.39, 0.29) is 11.9 Å². The minimum absolute atomic E-state index is 0.140. The standard InChI is InChI=1S/C21H18ClN5O2/c1-29-15-5-2-13(3-6-15)20-19-16(23-12-24-19)8-9-27(20)21(28)17-11-26-10-14(22)4-7-18(26)25-17/h2-7,10-12,20H,8-9H2,1H3,(H,23,24)/t20-/m1/s1. The van der Waals surface area contributed by atoms with Crippen LogP contribution in [0.25, 0.3) is 5.65 Å². The lowest BCUT2D eigenvalue weighted by atomic mass is 9.95. The molecule has 0 aliphatic carbocycles. The number of pyridine rings is 1. The number of carbonyl (C=O) groups is 1. The van der Waals surface area contributed by atoms with Gasteiger partial charge in [-0.05, 0) is 29.8 Å². The van der Waals surface area contributed by atoms with E-state index < -0.39 is 0 Å². The first kappa shape index (κ1) is 17.8. The van der Waals surface area contributed by atoms with Crippen molar-refractivity contribution in [3.05, 3.63) is 82.8 Å². The molecule has 1 aliphatic heterocycles. The number of nitrogens with one attached hydrogen (secondary N) is 1. The fourth-order valence-electron chi connectivity index (χ4n) is 3.83. The van der Waals surface area contributed by atoms with Crippen LogP contribution >= 0.6 is 11.6 Å². The monoisotopic (exact) mass is 407 g/mol. The summed E-state index contributed by atoms with van der Waals surface area (Å²) in [7, 11) is 1.63. The fraction of sp³-hybridized carbons (Fsp3) is 0.190. The van der Waals surface area contributed by atoms with E-state index in [2.05, 4.69) is 15.0 Å². The molecule has 29 heavy (non-hydrogen) atoms. The summed E-state index contributed by atoms with van der Waals surface area (Å²) in [5, 5.41) is 0.587. The molecule has 0 unspecified atom stereocenters. The van der Waals surface area contributed by atoms with Crippen molar-refractivity contribution in [2.45, 2.75) is 12.5 Å². The van der Waals surface area contributed by atoms with Crippen LogP contribution in [0.1, 0.15) is 33.5 Å². The van der Waals surface area contributed by atoms with E-state index in [1.807, 2.05) is 29.2 Å². The predicted octanol–water partition coefficient (Wildman–Crippen LogP) is 3.51. The number of aromatic amines is 1. The molecule has 8 heteroatoms. The number of hydrogen-bond donors (Lipinski definition) is 1. The lowest BCUT2D eigenvalue weighted by molar-refractivity contribution is 0.0685. The molecule has 0 saturated heterocycles. The lowest BCUT2D eigenvalue weighted by Gasteiger charge is -2.35. The van der Waals surface area contributed by atoms with Crippen molar-refractivity contribution in [2.24, 2.45) is 0 Å². The first-order valence-electron chi connectivity index (χ1n) is 9.25. The zero-order chi connectivity index (χ0) is 20.0. The molecule has 4 heterocycles. The number of amides is 1. The van der Waals surface area contributed by atoms with Crippen LogP contribution in [0.3, 0.4) is 0 Å². The maximum absolute atomic E-state index is 13.4. The molecule has 0 bridgehead atoms. The van der Waals surface area contributed by atoms with Gasteiger partial charge < -0.3 is 19.0 Å². The maximum Gasteiger partial charge on any atom is 0.274 e. The van der Waals surface area contributed by atoms with E-state index in [1.54, 1.807) is 42.4 Å². The third-order valence-electron chi connectivity index (χ3n) is 5.25. The molecule has 0 saturated carbocycles. The number of halogens is 1. The second-order valence-corrected chi connectivity index (χ2v) is 7.37. The average Bonchev–Trinajstić information content (AvgIpc) is 3.39. The lowest BCUT2D eigenvalue weighted by Crippen LogP contribution is -2.41. The molecule has 1 amide bonds. The van der Waals surface area contributed by atoms with Crippen molar-refractivity contribution in [3.8, 4) is 5.75 Å². The Kier molecular flexibility index (Phi) is 4.24. The van der Waals surface area contributed by atoms with Gasteiger partial charge in [0.2, 0.25) is 0 Å². The summed E-state index contributed by atoms with van der Waals surface area (Å²) < 4.78 is 7.04. The molecule has 1 aromatic carbocycles. The Morgan fingerprint density at radius 3 is 2.83 bits per heavy atom. The van der Waals surface area contributed by atoms with Gasteiger partial charge in [-0.1, -0.05) is 23.7 Å². The highest BCUT2D eigenvalue weighted by Crippen LogP contribution is 2.35. The molecule has 7 nitrogen and oxygen atoms in total. The van der Waals surface area contributed by atoms with Gasteiger partial charge in [0.05, 0.1) is 24.2 Å². The van der Waals surface area contributed by atoms with Gasteiger partial charge in [0.25, 0.3) is 5.91 Å². The Morgan fingerprint density at radius 1 is 1.21 bits per heavy atom. The van der Waals surface area contributed by atoms with E-state index in [1.165, 1.54) is 0 Å². The molecule has 0 spiro atoms. The quantitative estimate of drug-likeness (QED) is 0.564. The Hall–Kier alpha value is -3.32. The number of nitrogens with zero attached hydrogens (tertiary/aromatic N) is 4. The van der Waals surface area contributed by atoms with Gasteiger partial charge in [0, 0.05) is 31.1 Å². The van der Waals surface area contributed by atoms with Gasteiger partial charge in [-0.2, -0.15) is 0 Å². The highest BCUT2D eigenvalue weighted by Gasteiger charge is 2.35. The Morgan fingerprint density at radius 2 is 2.03 bits per heavy atom. The summed E-state index contributed by atoms with van der Waals surface area (Å²) in [6.45, 7) is 0.569. The maximum atomic E-state index is 13.4. The van der Waals surface area contributed by atoms with Crippen LogP contribution < -0.4 is 4.74 Å². The molecular formula is C21H18ClN5O2. The molecule has 4 aromatic rings. The number of aromatic nitrogens is 4.